The fourth-order valence-electron chi connectivity index (χ4n) is 3.58. The highest BCUT2D eigenvalue weighted by molar-refractivity contribution is 6.05. The van der Waals surface area contributed by atoms with Crippen LogP contribution in [0.3, 0.4) is 0 Å². The molecule has 36 heavy (non-hydrogen) atoms. The smallest absolute Gasteiger partial charge is 0.255 e. The molecule has 0 aliphatic rings. The molecule has 178 valence electrons. The van der Waals surface area contributed by atoms with Gasteiger partial charge >= 0.3 is 0 Å². The van der Waals surface area contributed by atoms with Gasteiger partial charge in [0.25, 0.3) is 11.8 Å². The van der Waals surface area contributed by atoms with Crippen LogP contribution in [-0.2, 0) is 6.61 Å². The first-order chi connectivity index (χ1) is 17.5. The van der Waals surface area contributed by atoms with Crippen LogP contribution in [0.4, 0.5) is 5.69 Å². The second-order valence-electron chi connectivity index (χ2n) is 8.23. The summed E-state index contributed by atoms with van der Waals surface area (Å²) in [7, 11) is 0. The molecular formula is C30H25N3O3. The van der Waals surface area contributed by atoms with E-state index in [2.05, 4.69) is 16.7 Å². The molecule has 4 rings (SSSR count). The fourth-order valence-corrected chi connectivity index (χ4v) is 3.58. The maximum Gasteiger partial charge on any atom is 0.255 e. The van der Waals surface area contributed by atoms with Gasteiger partial charge < -0.3 is 15.4 Å². The van der Waals surface area contributed by atoms with Crippen molar-refractivity contribution < 1.29 is 14.3 Å². The summed E-state index contributed by atoms with van der Waals surface area (Å²) in [6, 6.07) is 32.1. The quantitative estimate of drug-likeness (QED) is 0.336. The Labute approximate surface area is 210 Å². The molecule has 0 saturated heterocycles. The molecule has 0 fully saturated rings. The first-order valence-corrected chi connectivity index (χ1v) is 11.5. The molecule has 0 heterocycles. The molecule has 6 nitrogen and oxygen atoms in total. The summed E-state index contributed by atoms with van der Waals surface area (Å²) in [4.78, 5) is 25.5. The minimum Gasteiger partial charge on any atom is -0.489 e. The van der Waals surface area contributed by atoms with Crippen LogP contribution in [0.1, 0.15) is 43.4 Å². The number of ether oxygens (including phenoxy) is 1. The number of carbonyl (C=O) groups is 2. The van der Waals surface area contributed by atoms with Gasteiger partial charge in [0.15, 0.2) is 0 Å². The molecule has 0 aliphatic carbocycles. The van der Waals surface area contributed by atoms with E-state index in [1.807, 2.05) is 43.3 Å². The molecular weight excluding hydrogens is 450 g/mol. The Morgan fingerprint density at radius 3 is 2.17 bits per heavy atom. The van der Waals surface area contributed by atoms with Crippen molar-refractivity contribution in [1.82, 2.24) is 5.32 Å². The Morgan fingerprint density at radius 2 is 1.50 bits per heavy atom. The Hall–Kier alpha value is -4.89. The average molecular weight is 476 g/mol. The number of nitriles is 1. The highest BCUT2D eigenvalue weighted by Crippen LogP contribution is 2.21. The Bertz CT molecular complexity index is 1380. The summed E-state index contributed by atoms with van der Waals surface area (Å²) in [5, 5.41) is 15.3. The SMILES string of the molecule is Cc1ccc(C(=O)NC(C#N)c2ccc(OCc3ccccc3)cc2)cc1NC(=O)c1ccccc1. The van der Waals surface area contributed by atoms with Crippen molar-refractivity contribution in [3.05, 3.63) is 131 Å². The summed E-state index contributed by atoms with van der Waals surface area (Å²) in [5.74, 6) is -0.00940. The number of benzene rings is 4. The van der Waals surface area contributed by atoms with E-state index >= 15 is 0 Å². The van der Waals surface area contributed by atoms with E-state index in [1.54, 1.807) is 66.7 Å². The van der Waals surface area contributed by atoms with E-state index in [-0.39, 0.29) is 5.91 Å². The van der Waals surface area contributed by atoms with Crippen molar-refractivity contribution in [2.75, 3.05) is 5.32 Å². The molecule has 1 atom stereocenters. The zero-order valence-corrected chi connectivity index (χ0v) is 19.8. The van der Waals surface area contributed by atoms with Crippen molar-refractivity contribution in [3.63, 3.8) is 0 Å². The largest absolute Gasteiger partial charge is 0.489 e. The molecule has 0 aromatic heterocycles. The van der Waals surface area contributed by atoms with Crippen LogP contribution >= 0.6 is 0 Å². The van der Waals surface area contributed by atoms with E-state index in [0.717, 1.165) is 11.1 Å². The van der Waals surface area contributed by atoms with Crippen LogP contribution in [-0.4, -0.2) is 11.8 Å². The Morgan fingerprint density at radius 1 is 0.833 bits per heavy atom. The summed E-state index contributed by atoms with van der Waals surface area (Å²) < 4.78 is 5.79. The van der Waals surface area contributed by atoms with Crippen LogP contribution in [0.15, 0.2) is 103 Å². The van der Waals surface area contributed by atoms with Gasteiger partial charge in [-0.15, -0.1) is 0 Å². The first kappa shape index (κ1) is 24.2. The highest BCUT2D eigenvalue weighted by Gasteiger charge is 2.17. The van der Waals surface area contributed by atoms with Gasteiger partial charge in [0.05, 0.1) is 6.07 Å². The number of amides is 2. The summed E-state index contributed by atoms with van der Waals surface area (Å²) >= 11 is 0. The lowest BCUT2D eigenvalue weighted by molar-refractivity contribution is 0.0944. The Kier molecular flexibility index (Phi) is 7.74. The van der Waals surface area contributed by atoms with Gasteiger partial charge in [-0.25, -0.2) is 0 Å². The molecule has 0 radical (unpaired) electrons. The number of rotatable bonds is 8. The maximum atomic E-state index is 12.9. The molecule has 0 bridgehead atoms. The fraction of sp³-hybridized carbons (Fsp3) is 0.100. The van der Waals surface area contributed by atoms with Gasteiger partial charge in [-0.3, -0.25) is 9.59 Å². The molecule has 0 aliphatic heterocycles. The van der Waals surface area contributed by atoms with Gasteiger partial charge in [-0.05, 0) is 60.0 Å². The maximum absolute atomic E-state index is 12.9. The topological polar surface area (TPSA) is 91.2 Å². The van der Waals surface area contributed by atoms with Crippen molar-refractivity contribution in [2.45, 2.75) is 19.6 Å². The van der Waals surface area contributed by atoms with Crippen LogP contribution in [0.25, 0.3) is 0 Å². The molecule has 6 heteroatoms. The van der Waals surface area contributed by atoms with Crippen molar-refractivity contribution in [2.24, 2.45) is 0 Å². The third-order valence-corrected chi connectivity index (χ3v) is 5.65. The standard InChI is InChI=1S/C30H25N3O3/c1-21-12-13-25(18-27(21)32-29(34)24-10-6-3-7-11-24)30(35)33-28(19-31)23-14-16-26(17-15-23)36-20-22-8-4-2-5-9-22/h2-18,28H,20H2,1H3,(H,32,34)(H,33,35). The van der Waals surface area contributed by atoms with Crippen LogP contribution < -0.4 is 15.4 Å². The van der Waals surface area contributed by atoms with E-state index in [0.29, 0.717) is 34.7 Å². The minimum atomic E-state index is -0.843. The van der Waals surface area contributed by atoms with Gasteiger partial charge in [0.1, 0.15) is 18.4 Å². The van der Waals surface area contributed by atoms with Crippen LogP contribution in [0, 0.1) is 18.3 Å². The summed E-state index contributed by atoms with van der Waals surface area (Å²) in [6.07, 6.45) is 0. The monoisotopic (exact) mass is 475 g/mol. The number of hydrogen-bond acceptors (Lipinski definition) is 4. The molecule has 1 unspecified atom stereocenters. The molecule has 2 amide bonds. The third kappa shape index (κ3) is 6.16. The van der Waals surface area contributed by atoms with Crippen molar-refractivity contribution in [1.29, 1.82) is 5.26 Å². The number of carbonyl (C=O) groups excluding carboxylic acids is 2. The molecule has 0 spiro atoms. The molecule has 2 N–H and O–H groups in total. The number of hydrogen-bond donors (Lipinski definition) is 2. The predicted molar refractivity (Wildman–Crippen MR) is 139 cm³/mol. The van der Waals surface area contributed by atoms with E-state index < -0.39 is 11.9 Å². The van der Waals surface area contributed by atoms with Crippen LogP contribution in [0.5, 0.6) is 5.75 Å². The lowest BCUT2D eigenvalue weighted by Gasteiger charge is -2.15. The zero-order valence-electron chi connectivity index (χ0n) is 19.8. The van der Waals surface area contributed by atoms with Gasteiger partial charge in [0.2, 0.25) is 0 Å². The Balaban J connectivity index is 1.41. The van der Waals surface area contributed by atoms with E-state index in [1.165, 1.54) is 0 Å². The number of nitrogens with zero attached hydrogens (tertiary/aromatic N) is 1. The van der Waals surface area contributed by atoms with Gasteiger partial charge in [-0.2, -0.15) is 5.26 Å². The second kappa shape index (κ2) is 11.5. The normalized spacial score (nSPS) is 11.1. The van der Waals surface area contributed by atoms with E-state index in [9.17, 15) is 14.9 Å². The minimum absolute atomic E-state index is 0.263. The van der Waals surface area contributed by atoms with Crippen LogP contribution in [0.2, 0.25) is 0 Å². The van der Waals surface area contributed by atoms with Crippen molar-refractivity contribution in [3.8, 4) is 11.8 Å². The highest BCUT2D eigenvalue weighted by atomic mass is 16.5. The second-order valence-corrected chi connectivity index (χ2v) is 8.23. The predicted octanol–water partition coefficient (Wildman–Crippen LogP) is 5.82. The van der Waals surface area contributed by atoms with Crippen molar-refractivity contribution >= 4 is 17.5 Å². The third-order valence-electron chi connectivity index (χ3n) is 5.65. The summed E-state index contributed by atoms with van der Waals surface area (Å²) in [5.41, 5.74) is 3.91. The number of nitrogens with one attached hydrogen (secondary N) is 2. The first-order valence-electron chi connectivity index (χ1n) is 11.5. The molecule has 0 saturated carbocycles. The average Bonchev–Trinajstić information content (AvgIpc) is 2.93. The lowest BCUT2D eigenvalue weighted by atomic mass is 10.1. The number of aryl methyl sites for hydroxylation is 1. The van der Waals surface area contributed by atoms with E-state index in [4.69, 9.17) is 4.74 Å². The van der Waals surface area contributed by atoms with Gasteiger partial charge in [-0.1, -0.05) is 66.7 Å². The lowest BCUT2D eigenvalue weighted by Crippen LogP contribution is -2.27. The molecule has 4 aromatic carbocycles. The summed E-state index contributed by atoms with van der Waals surface area (Å²) in [6.45, 7) is 2.29. The zero-order chi connectivity index (χ0) is 25.3. The van der Waals surface area contributed by atoms with Gasteiger partial charge in [0, 0.05) is 16.8 Å². The molecule has 4 aromatic rings. The number of anilines is 1.